The largest absolute Gasteiger partial charge is 0.446 e. The molecule has 0 aliphatic carbocycles. The Morgan fingerprint density at radius 1 is 1.07 bits per heavy atom. The Bertz CT molecular complexity index is 1420. The molecule has 0 spiro atoms. The summed E-state index contributed by atoms with van der Waals surface area (Å²) in [7, 11) is 0. The molecule has 42 heavy (non-hydrogen) atoms. The number of aromatic nitrogens is 2. The van der Waals surface area contributed by atoms with Crippen molar-refractivity contribution in [2.24, 2.45) is 5.92 Å². The Morgan fingerprint density at radius 3 is 2.62 bits per heavy atom. The zero-order valence-electron chi connectivity index (χ0n) is 23.6. The molecule has 5 rings (SSSR count). The molecule has 0 unspecified atom stereocenters. The molecule has 4 bridgehead atoms. The third-order valence-electron chi connectivity index (χ3n) is 7.32. The highest BCUT2D eigenvalue weighted by atomic mass is 32.1. The number of oxazole rings is 1. The van der Waals surface area contributed by atoms with E-state index >= 15 is 0 Å². The van der Waals surface area contributed by atoms with Crippen LogP contribution in [-0.2, 0) is 16.0 Å². The number of carbonyl (C=O) groups excluding carboxylic acids is 4. The average molecular weight is 594 g/mol. The highest BCUT2D eigenvalue weighted by Gasteiger charge is 2.31. The summed E-state index contributed by atoms with van der Waals surface area (Å²) < 4.78 is 5.68. The maximum absolute atomic E-state index is 13.3. The van der Waals surface area contributed by atoms with E-state index in [0.29, 0.717) is 17.8 Å². The minimum Gasteiger partial charge on any atom is -0.446 e. The standard InChI is InChI=1S/C29H35N7O5S/c1-17(2)24-28-34-22(16-42-28)26(39)32-20(13-18-7-4-3-5-8-18)27-33-21(15-41-27)25(38)31-11-12-36(14-23(37)35-24)29(40)19-9-6-10-30-19/h3-5,7-8,15-17,19-20,24,30H,6,9-14H2,1-2H3,(H,31,38)(H,32,39)(H,35,37)/t19-,20+,24+/m1/s1. The topological polar surface area (TPSA) is 159 Å². The molecule has 4 amide bonds. The fourth-order valence-electron chi connectivity index (χ4n) is 5.05. The van der Waals surface area contributed by atoms with Crippen molar-refractivity contribution in [1.29, 1.82) is 0 Å². The number of hydrogen-bond donors (Lipinski definition) is 4. The van der Waals surface area contributed by atoms with Gasteiger partial charge in [0.15, 0.2) is 5.69 Å². The zero-order chi connectivity index (χ0) is 29.6. The van der Waals surface area contributed by atoms with Crippen molar-refractivity contribution in [3.8, 4) is 0 Å². The van der Waals surface area contributed by atoms with Gasteiger partial charge in [-0.05, 0) is 30.9 Å². The van der Waals surface area contributed by atoms with Gasteiger partial charge >= 0.3 is 0 Å². The van der Waals surface area contributed by atoms with Gasteiger partial charge in [0.2, 0.25) is 17.7 Å². The maximum Gasteiger partial charge on any atom is 0.273 e. The Balaban J connectivity index is 1.45. The van der Waals surface area contributed by atoms with Crippen LogP contribution in [0.1, 0.15) is 76.2 Å². The third-order valence-corrected chi connectivity index (χ3v) is 8.24. The number of fused-ring (bicyclic) bond motifs is 4. The first-order chi connectivity index (χ1) is 20.3. The van der Waals surface area contributed by atoms with Crippen molar-refractivity contribution in [3.05, 3.63) is 69.8 Å². The van der Waals surface area contributed by atoms with Crippen molar-refractivity contribution >= 4 is 35.0 Å². The van der Waals surface area contributed by atoms with Crippen LogP contribution in [0.4, 0.5) is 0 Å². The molecule has 13 heteroatoms. The summed E-state index contributed by atoms with van der Waals surface area (Å²) in [5, 5.41) is 14.2. The Kier molecular flexibility index (Phi) is 9.28. The number of nitrogens with one attached hydrogen (secondary N) is 4. The van der Waals surface area contributed by atoms with Crippen LogP contribution < -0.4 is 21.3 Å². The Hall–Kier alpha value is -4.10. The molecular formula is C29H35N7O5S. The molecule has 1 aromatic carbocycles. The summed E-state index contributed by atoms with van der Waals surface area (Å²) in [6, 6.07) is 8.06. The van der Waals surface area contributed by atoms with Crippen molar-refractivity contribution in [2.45, 2.75) is 51.2 Å². The molecule has 3 aromatic rings. The summed E-state index contributed by atoms with van der Waals surface area (Å²) in [6.07, 6.45) is 3.19. The van der Waals surface area contributed by atoms with E-state index in [1.807, 2.05) is 44.2 Å². The second-order valence-corrected chi connectivity index (χ2v) is 11.7. The molecule has 2 aliphatic heterocycles. The van der Waals surface area contributed by atoms with Crippen LogP contribution in [0.25, 0.3) is 0 Å². The van der Waals surface area contributed by atoms with Gasteiger partial charge in [0, 0.05) is 24.9 Å². The van der Waals surface area contributed by atoms with Crippen LogP contribution in [0.2, 0.25) is 0 Å². The fourth-order valence-corrected chi connectivity index (χ4v) is 6.07. The van der Waals surface area contributed by atoms with E-state index in [4.69, 9.17) is 4.42 Å². The highest BCUT2D eigenvalue weighted by Crippen LogP contribution is 2.26. The molecule has 2 aromatic heterocycles. The molecule has 0 radical (unpaired) electrons. The number of rotatable bonds is 4. The number of carbonyl (C=O) groups is 4. The molecule has 3 atom stereocenters. The summed E-state index contributed by atoms with van der Waals surface area (Å²) in [5.74, 6) is -1.30. The molecular weight excluding hydrogens is 558 g/mol. The van der Waals surface area contributed by atoms with Crippen LogP contribution in [0.15, 0.2) is 46.4 Å². The second kappa shape index (κ2) is 13.3. The lowest BCUT2D eigenvalue weighted by Gasteiger charge is -2.27. The van der Waals surface area contributed by atoms with Crippen LogP contribution in [0.3, 0.4) is 0 Å². The number of benzene rings is 1. The summed E-state index contributed by atoms with van der Waals surface area (Å²) in [4.78, 5) is 63.2. The molecule has 1 saturated heterocycles. The lowest BCUT2D eigenvalue weighted by atomic mass is 10.0. The van der Waals surface area contributed by atoms with Gasteiger partial charge in [-0.3, -0.25) is 19.2 Å². The van der Waals surface area contributed by atoms with E-state index < -0.39 is 23.9 Å². The first kappa shape index (κ1) is 29.4. The van der Waals surface area contributed by atoms with E-state index in [2.05, 4.69) is 31.2 Å². The van der Waals surface area contributed by atoms with Crippen LogP contribution in [0.5, 0.6) is 0 Å². The predicted octanol–water partition coefficient (Wildman–Crippen LogP) is 1.98. The molecule has 222 valence electrons. The van der Waals surface area contributed by atoms with Gasteiger partial charge < -0.3 is 30.6 Å². The monoisotopic (exact) mass is 593 g/mol. The van der Waals surface area contributed by atoms with Gasteiger partial charge in [0.25, 0.3) is 11.8 Å². The van der Waals surface area contributed by atoms with Crippen LogP contribution >= 0.6 is 11.3 Å². The Morgan fingerprint density at radius 2 is 1.88 bits per heavy atom. The van der Waals surface area contributed by atoms with E-state index in [-0.39, 0.29) is 60.7 Å². The van der Waals surface area contributed by atoms with Crippen molar-refractivity contribution in [2.75, 3.05) is 26.2 Å². The van der Waals surface area contributed by atoms with E-state index in [1.54, 1.807) is 5.38 Å². The van der Waals surface area contributed by atoms with E-state index in [0.717, 1.165) is 18.5 Å². The number of amides is 4. The average Bonchev–Trinajstić information content (AvgIpc) is 3.77. The lowest BCUT2D eigenvalue weighted by Crippen LogP contribution is -2.50. The number of hydrogen-bond acceptors (Lipinski definition) is 9. The van der Waals surface area contributed by atoms with Gasteiger partial charge in [0.05, 0.1) is 18.6 Å². The number of nitrogens with zero attached hydrogens (tertiary/aromatic N) is 3. The smallest absolute Gasteiger partial charge is 0.273 e. The van der Waals surface area contributed by atoms with E-state index in [9.17, 15) is 19.2 Å². The van der Waals surface area contributed by atoms with Gasteiger partial charge in [-0.2, -0.15) is 0 Å². The molecule has 2 aliphatic rings. The molecule has 1 fully saturated rings. The third kappa shape index (κ3) is 7.02. The maximum atomic E-state index is 13.3. The fraction of sp³-hybridized carbons (Fsp3) is 0.448. The summed E-state index contributed by atoms with van der Waals surface area (Å²) >= 11 is 1.28. The highest BCUT2D eigenvalue weighted by molar-refractivity contribution is 7.09. The molecule has 4 heterocycles. The number of thiazole rings is 1. The first-order valence-corrected chi connectivity index (χ1v) is 15.0. The van der Waals surface area contributed by atoms with Gasteiger partial charge in [0.1, 0.15) is 23.0 Å². The molecule has 4 N–H and O–H groups in total. The van der Waals surface area contributed by atoms with Crippen molar-refractivity contribution in [3.63, 3.8) is 0 Å². The lowest BCUT2D eigenvalue weighted by molar-refractivity contribution is -0.137. The minimum absolute atomic E-state index is 0.0295. The first-order valence-electron chi connectivity index (χ1n) is 14.1. The van der Waals surface area contributed by atoms with Crippen molar-refractivity contribution < 1.29 is 23.6 Å². The van der Waals surface area contributed by atoms with Crippen LogP contribution in [-0.4, -0.2) is 70.7 Å². The molecule has 12 nitrogen and oxygen atoms in total. The molecule has 0 saturated carbocycles. The van der Waals surface area contributed by atoms with Crippen LogP contribution in [0, 0.1) is 5.92 Å². The summed E-state index contributed by atoms with van der Waals surface area (Å²) in [6.45, 7) is 4.72. The van der Waals surface area contributed by atoms with E-state index in [1.165, 1.54) is 22.5 Å². The van der Waals surface area contributed by atoms with Gasteiger partial charge in [-0.15, -0.1) is 11.3 Å². The van der Waals surface area contributed by atoms with Gasteiger partial charge in [-0.1, -0.05) is 44.2 Å². The minimum atomic E-state index is -0.668. The summed E-state index contributed by atoms with van der Waals surface area (Å²) in [5.41, 5.74) is 1.18. The Labute approximate surface area is 247 Å². The quantitative estimate of drug-likeness (QED) is 0.358. The SMILES string of the molecule is CC(C)[C@@H]1NC(=O)CN(C(=O)[C@H]2CCCN2)CCNC(=O)c2coc(n2)[C@H](Cc2ccccc2)NC(=O)c2csc1n2. The van der Waals surface area contributed by atoms with Crippen molar-refractivity contribution in [1.82, 2.24) is 36.1 Å². The zero-order valence-corrected chi connectivity index (χ0v) is 24.4. The normalized spacial score (nSPS) is 22.2. The predicted molar refractivity (Wildman–Crippen MR) is 155 cm³/mol. The van der Waals surface area contributed by atoms with Gasteiger partial charge in [-0.25, -0.2) is 9.97 Å². The second-order valence-electron chi connectivity index (χ2n) is 10.8.